The number of hydrogen-bond donors (Lipinski definition) is 1. The zero-order valence-electron chi connectivity index (χ0n) is 14.2. The average Bonchev–Trinajstić information content (AvgIpc) is 3.06. The molecule has 1 aromatic rings. The molecule has 1 N–H and O–H groups in total. The Bertz CT molecular complexity index is 780. The number of carbonyl (C=O) groups excluding carboxylic acids is 2. The quantitative estimate of drug-likeness (QED) is 0.856. The molecule has 0 radical (unpaired) electrons. The van der Waals surface area contributed by atoms with E-state index in [-0.39, 0.29) is 49.8 Å². The first-order valence-corrected chi connectivity index (χ1v) is 8.33. The molecular formula is C17H17F3N2O5. The van der Waals surface area contributed by atoms with Crippen molar-refractivity contribution in [2.75, 3.05) is 31.1 Å². The minimum atomic E-state index is -4.69. The number of ether oxygens (including phenoxy) is 1. The largest absolute Gasteiger partial charge is 0.479 e. The van der Waals surface area contributed by atoms with Crippen LogP contribution >= 0.6 is 0 Å². The molecule has 10 heteroatoms. The highest BCUT2D eigenvalue weighted by molar-refractivity contribution is 5.99. The highest BCUT2D eigenvalue weighted by atomic mass is 19.4. The van der Waals surface area contributed by atoms with E-state index in [2.05, 4.69) is 0 Å². The van der Waals surface area contributed by atoms with Crippen LogP contribution in [-0.4, -0.2) is 60.1 Å². The van der Waals surface area contributed by atoms with Gasteiger partial charge < -0.3 is 19.6 Å². The van der Waals surface area contributed by atoms with Crippen molar-refractivity contribution in [2.45, 2.75) is 25.1 Å². The number of nitrogens with zero attached hydrogens (tertiary/aromatic N) is 2. The van der Waals surface area contributed by atoms with Crippen molar-refractivity contribution in [2.24, 2.45) is 0 Å². The molecule has 2 saturated heterocycles. The molecule has 1 atom stereocenters. The summed E-state index contributed by atoms with van der Waals surface area (Å²) in [5, 5.41) is 9.02. The van der Waals surface area contributed by atoms with Crippen molar-refractivity contribution >= 4 is 23.5 Å². The van der Waals surface area contributed by atoms with Crippen LogP contribution in [0.2, 0.25) is 0 Å². The highest BCUT2D eigenvalue weighted by Gasteiger charge is 2.35. The summed E-state index contributed by atoms with van der Waals surface area (Å²) in [6, 6.07) is 2.81. The normalized spacial score (nSPS) is 20.9. The molecule has 0 spiro atoms. The van der Waals surface area contributed by atoms with E-state index in [4.69, 9.17) is 9.84 Å². The number of benzene rings is 1. The summed E-state index contributed by atoms with van der Waals surface area (Å²) in [5.74, 6) is -2.28. The molecule has 2 heterocycles. The van der Waals surface area contributed by atoms with Gasteiger partial charge >= 0.3 is 12.1 Å². The molecule has 3 rings (SSSR count). The minimum Gasteiger partial charge on any atom is -0.479 e. The topological polar surface area (TPSA) is 87.2 Å². The molecule has 146 valence electrons. The van der Waals surface area contributed by atoms with Gasteiger partial charge in [0.25, 0.3) is 5.91 Å². The Hall–Kier alpha value is -2.62. The summed E-state index contributed by atoms with van der Waals surface area (Å²) < 4.78 is 44.9. The first kappa shape index (κ1) is 19.2. The number of halogens is 3. The van der Waals surface area contributed by atoms with Gasteiger partial charge in [-0.15, -0.1) is 0 Å². The van der Waals surface area contributed by atoms with Gasteiger partial charge in [-0.25, -0.2) is 4.79 Å². The van der Waals surface area contributed by atoms with Crippen molar-refractivity contribution in [1.82, 2.24) is 4.90 Å². The molecule has 7 nitrogen and oxygen atoms in total. The number of anilines is 1. The minimum absolute atomic E-state index is 0.0127. The fourth-order valence-corrected chi connectivity index (χ4v) is 3.14. The Labute approximate surface area is 152 Å². The lowest BCUT2D eigenvalue weighted by Crippen LogP contribution is -2.48. The van der Waals surface area contributed by atoms with Gasteiger partial charge in [-0.2, -0.15) is 13.2 Å². The number of carbonyl (C=O) groups is 3. The van der Waals surface area contributed by atoms with Crippen molar-refractivity contribution < 1.29 is 37.4 Å². The predicted molar refractivity (Wildman–Crippen MR) is 86.3 cm³/mol. The number of alkyl halides is 3. The van der Waals surface area contributed by atoms with E-state index < -0.39 is 29.7 Å². The summed E-state index contributed by atoms with van der Waals surface area (Å²) >= 11 is 0. The number of hydrogen-bond acceptors (Lipinski definition) is 4. The maximum atomic E-state index is 13.3. The number of morpholine rings is 1. The van der Waals surface area contributed by atoms with Crippen LogP contribution in [0.1, 0.15) is 28.8 Å². The second-order valence-corrected chi connectivity index (χ2v) is 6.36. The van der Waals surface area contributed by atoms with E-state index >= 15 is 0 Å². The van der Waals surface area contributed by atoms with Gasteiger partial charge in [0.15, 0.2) is 6.10 Å². The van der Waals surface area contributed by atoms with E-state index in [9.17, 15) is 27.6 Å². The maximum absolute atomic E-state index is 13.3. The van der Waals surface area contributed by atoms with Gasteiger partial charge in [0.1, 0.15) is 0 Å². The lowest BCUT2D eigenvalue weighted by atomic mass is 10.1. The molecule has 0 aliphatic carbocycles. The van der Waals surface area contributed by atoms with Crippen molar-refractivity contribution in [3.8, 4) is 0 Å². The summed E-state index contributed by atoms with van der Waals surface area (Å²) in [4.78, 5) is 38.0. The fraction of sp³-hybridized carbons (Fsp3) is 0.471. The Balaban J connectivity index is 1.94. The van der Waals surface area contributed by atoms with E-state index in [1.54, 1.807) is 0 Å². The van der Waals surface area contributed by atoms with Gasteiger partial charge in [-0.1, -0.05) is 0 Å². The van der Waals surface area contributed by atoms with Crippen LogP contribution in [0.4, 0.5) is 18.9 Å². The van der Waals surface area contributed by atoms with Gasteiger partial charge in [-0.3, -0.25) is 9.59 Å². The standard InChI is InChI=1S/C17H17F3N2O5/c18-17(19,20)11-6-10(7-12(8-11)22-3-1-2-14(22)23)15(24)21-4-5-27-13(9-21)16(25)26/h6-8,13H,1-5,9H2,(H,25,26)/t13-/m1/s1. The monoisotopic (exact) mass is 386 g/mol. The first-order valence-electron chi connectivity index (χ1n) is 8.33. The molecule has 1 aromatic carbocycles. The van der Waals surface area contributed by atoms with Crippen LogP contribution < -0.4 is 4.90 Å². The molecule has 2 fully saturated rings. The predicted octanol–water partition coefficient (Wildman–Crippen LogP) is 1.76. The Morgan fingerprint density at radius 1 is 1.19 bits per heavy atom. The molecule has 27 heavy (non-hydrogen) atoms. The van der Waals surface area contributed by atoms with E-state index in [1.807, 2.05) is 0 Å². The third-order valence-corrected chi connectivity index (χ3v) is 4.51. The second-order valence-electron chi connectivity index (χ2n) is 6.36. The van der Waals surface area contributed by atoms with Crippen LogP contribution in [0.5, 0.6) is 0 Å². The number of carboxylic acids is 1. The van der Waals surface area contributed by atoms with Gasteiger partial charge in [0, 0.05) is 30.8 Å². The lowest BCUT2D eigenvalue weighted by Gasteiger charge is -2.31. The summed E-state index contributed by atoms with van der Waals surface area (Å²) in [7, 11) is 0. The lowest BCUT2D eigenvalue weighted by molar-refractivity contribution is -0.154. The van der Waals surface area contributed by atoms with Gasteiger partial charge in [0.2, 0.25) is 5.91 Å². The molecule has 2 aliphatic heterocycles. The van der Waals surface area contributed by atoms with Crippen LogP contribution in [-0.2, 0) is 20.5 Å². The van der Waals surface area contributed by atoms with Crippen molar-refractivity contribution in [1.29, 1.82) is 0 Å². The van der Waals surface area contributed by atoms with Crippen molar-refractivity contribution in [3.63, 3.8) is 0 Å². The zero-order valence-corrected chi connectivity index (χ0v) is 14.2. The summed E-state index contributed by atoms with van der Waals surface area (Å²) in [6.07, 6.45) is -5.15. The summed E-state index contributed by atoms with van der Waals surface area (Å²) in [5.41, 5.74) is -1.27. The van der Waals surface area contributed by atoms with Crippen molar-refractivity contribution in [3.05, 3.63) is 29.3 Å². The molecular weight excluding hydrogens is 369 g/mol. The van der Waals surface area contributed by atoms with E-state index in [0.717, 1.165) is 17.0 Å². The third kappa shape index (κ3) is 4.05. The zero-order chi connectivity index (χ0) is 19.8. The highest BCUT2D eigenvalue weighted by Crippen LogP contribution is 2.34. The van der Waals surface area contributed by atoms with Gasteiger partial charge in [-0.05, 0) is 24.6 Å². The average molecular weight is 386 g/mol. The van der Waals surface area contributed by atoms with Crippen LogP contribution in [0.25, 0.3) is 0 Å². The summed E-state index contributed by atoms with van der Waals surface area (Å²) in [6.45, 7) is 0.0603. The van der Waals surface area contributed by atoms with Crippen LogP contribution in [0, 0.1) is 0 Å². The second kappa shape index (κ2) is 7.18. The molecule has 2 aliphatic rings. The third-order valence-electron chi connectivity index (χ3n) is 4.51. The van der Waals surface area contributed by atoms with E-state index in [0.29, 0.717) is 6.42 Å². The van der Waals surface area contributed by atoms with Crippen LogP contribution in [0.15, 0.2) is 18.2 Å². The van der Waals surface area contributed by atoms with Crippen LogP contribution in [0.3, 0.4) is 0 Å². The SMILES string of the molecule is O=C(O)[C@H]1CN(C(=O)c2cc(N3CCCC3=O)cc(C(F)(F)F)c2)CCO1. The number of carboxylic acid groups (broad SMARTS) is 1. The number of aliphatic carboxylic acids is 1. The number of rotatable bonds is 3. The fourth-order valence-electron chi connectivity index (χ4n) is 3.14. The molecule has 0 bridgehead atoms. The Morgan fingerprint density at radius 3 is 2.52 bits per heavy atom. The molecule has 0 saturated carbocycles. The molecule has 0 aromatic heterocycles. The Kier molecular flexibility index (Phi) is 5.09. The van der Waals surface area contributed by atoms with E-state index in [1.165, 1.54) is 11.0 Å². The number of amides is 2. The first-order chi connectivity index (χ1) is 12.7. The molecule has 0 unspecified atom stereocenters. The Morgan fingerprint density at radius 2 is 1.93 bits per heavy atom. The molecule has 2 amide bonds. The van der Waals surface area contributed by atoms with Gasteiger partial charge in [0.05, 0.1) is 18.7 Å². The maximum Gasteiger partial charge on any atom is 0.416 e. The smallest absolute Gasteiger partial charge is 0.416 e.